The molecule has 13 heavy (non-hydrogen) atoms. The third-order valence-electron chi connectivity index (χ3n) is 1.77. The monoisotopic (exact) mass is 214 g/mol. The molecular formula is C8H7ClN2OS. The number of hydrogen-bond acceptors (Lipinski definition) is 3. The molecule has 5 heteroatoms. The van der Waals surface area contributed by atoms with E-state index in [1.807, 2.05) is 12.3 Å². The first-order valence-corrected chi connectivity index (χ1v) is 5.16. The van der Waals surface area contributed by atoms with Gasteiger partial charge in [0.25, 0.3) is 5.56 Å². The quantitative estimate of drug-likeness (QED) is 0.679. The molecule has 3 nitrogen and oxygen atoms in total. The van der Waals surface area contributed by atoms with Crippen molar-refractivity contribution in [1.82, 2.24) is 9.38 Å². The molecule has 0 bridgehead atoms. The maximum absolute atomic E-state index is 11.5. The van der Waals surface area contributed by atoms with Crippen LogP contribution in [0.2, 0.25) is 0 Å². The minimum absolute atomic E-state index is 0.0561. The molecule has 0 N–H and O–H groups in total. The number of alkyl halides is 1. The lowest BCUT2D eigenvalue weighted by atomic mass is 10.4. The number of rotatable bonds is 1. The van der Waals surface area contributed by atoms with Gasteiger partial charge in [0.1, 0.15) is 0 Å². The molecule has 0 unspecified atom stereocenters. The van der Waals surface area contributed by atoms with Crippen LogP contribution in [0.5, 0.6) is 0 Å². The van der Waals surface area contributed by atoms with Crippen LogP contribution in [0, 0.1) is 6.92 Å². The molecule has 2 aromatic heterocycles. The highest BCUT2D eigenvalue weighted by Crippen LogP contribution is 2.11. The van der Waals surface area contributed by atoms with E-state index in [2.05, 4.69) is 4.98 Å². The van der Waals surface area contributed by atoms with Crippen LogP contribution in [0.15, 0.2) is 16.2 Å². The van der Waals surface area contributed by atoms with E-state index in [0.717, 1.165) is 5.69 Å². The summed E-state index contributed by atoms with van der Waals surface area (Å²) < 4.78 is 1.58. The Balaban J connectivity index is 2.87. The van der Waals surface area contributed by atoms with Crippen LogP contribution < -0.4 is 5.56 Å². The van der Waals surface area contributed by atoms with Gasteiger partial charge in [-0.25, -0.2) is 4.98 Å². The second kappa shape index (κ2) is 3.12. The Morgan fingerprint density at radius 2 is 2.46 bits per heavy atom. The fourth-order valence-electron chi connectivity index (χ4n) is 1.17. The van der Waals surface area contributed by atoms with Crippen molar-refractivity contribution < 1.29 is 0 Å². The molecule has 0 saturated carbocycles. The minimum Gasteiger partial charge on any atom is -0.269 e. The first kappa shape index (κ1) is 8.72. The van der Waals surface area contributed by atoms with E-state index in [0.29, 0.717) is 10.7 Å². The summed E-state index contributed by atoms with van der Waals surface area (Å²) in [7, 11) is 0. The molecule has 0 atom stereocenters. The van der Waals surface area contributed by atoms with Gasteiger partial charge in [-0.1, -0.05) is 0 Å². The van der Waals surface area contributed by atoms with E-state index < -0.39 is 0 Å². The summed E-state index contributed by atoms with van der Waals surface area (Å²) in [6.45, 7) is 1.88. The fraction of sp³-hybridized carbons (Fsp3) is 0.250. The van der Waals surface area contributed by atoms with Gasteiger partial charge in [-0.15, -0.1) is 22.9 Å². The van der Waals surface area contributed by atoms with E-state index in [-0.39, 0.29) is 11.4 Å². The first-order chi connectivity index (χ1) is 6.22. The van der Waals surface area contributed by atoms with E-state index in [1.54, 1.807) is 4.40 Å². The molecule has 0 fully saturated rings. The van der Waals surface area contributed by atoms with E-state index in [4.69, 9.17) is 11.6 Å². The van der Waals surface area contributed by atoms with Crippen molar-refractivity contribution in [3.8, 4) is 0 Å². The molecule has 0 aliphatic rings. The maximum Gasteiger partial charge on any atom is 0.258 e. The standard InChI is InChI=1S/C8H7ClN2OS/c1-5-4-13-8-10-6(3-9)2-7(12)11(5)8/h2,4H,3H2,1H3. The van der Waals surface area contributed by atoms with Gasteiger partial charge in [-0.2, -0.15) is 0 Å². The zero-order valence-corrected chi connectivity index (χ0v) is 8.52. The highest BCUT2D eigenvalue weighted by molar-refractivity contribution is 7.15. The van der Waals surface area contributed by atoms with Crippen LogP contribution in [-0.2, 0) is 5.88 Å². The Morgan fingerprint density at radius 3 is 3.15 bits per heavy atom. The Bertz CT molecular complexity index is 502. The third kappa shape index (κ3) is 1.36. The second-order valence-corrected chi connectivity index (χ2v) is 3.82. The summed E-state index contributed by atoms with van der Waals surface area (Å²) in [5, 5.41) is 1.90. The summed E-state index contributed by atoms with van der Waals surface area (Å²) >= 11 is 7.05. The Labute approximate surface area is 83.6 Å². The van der Waals surface area contributed by atoms with E-state index in [9.17, 15) is 4.79 Å². The zero-order valence-electron chi connectivity index (χ0n) is 6.95. The Hall–Kier alpha value is -0.870. The predicted octanol–water partition coefficient (Wildman–Crippen LogP) is 1.80. The molecule has 2 rings (SSSR count). The van der Waals surface area contributed by atoms with Crippen LogP contribution in [-0.4, -0.2) is 9.38 Å². The SMILES string of the molecule is Cc1csc2nc(CCl)cc(=O)n12. The van der Waals surface area contributed by atoms with Crippen LogP contribution in [0.1, 0.15) is 11.4 Å². The van der Waals surface area contributed by atoms with E-state index >= 15 is 0 Å². The summed E-state index contributed by atoms with van der Waals surface area (Å²) in [5.41, 5.74) is 1.49. The molecular weight excluding hydrogens is 208 g/mol. The van der Waals surface area contributed by atoms with Gasteiger partial charge in [0.05, 0.1) is 11.6 Å². The number of hydrogen-bond donors (Lipinski definition) is 0. The van der Waals surface area contributed by atoms with Crippen molar-refractivity contribution in [3.05, 3.63) is 33.2 Å². The molecule has 68 valence electrons. The third-order valence-corrected chi connectivity index (χ3v) is 2.98. The molecule has 0 aliphatic carbocycles. The smallest absolute Gasteiger partial charge is 0.258 e. The average Bonchev–Trinajstić information content (AvgIpc) is 2.48. The second-order valence-electron chi connectivity index (χ2n) is 2.71. The lowest BCUT2D eigenvalue weighted by Crippen LogP contribution is -2.14. The van der Waals surface area contributed by atoms with Gasteiger partial charge < -0.3 is 0 Å². The summed E-state index contributed by atoms with van der Waals surface area (Å²) in [4.78, 5) is 16.4. The largest absolute Gasteiger partial charge is 0.269 e. The van der Waals surface area contributed by atoms with Gasteiger partial charge in [-0.05, 0) is 6.92 Å². The highest BCUT2D eigenvalue weighted by atomic mass is 35.5. The van der Waals surface area contributed by atoms with Crippen LogP contribution in [0.25, 0.3) is 4.96 Å². The fourth-order valence-corrected chi connectivity index (χ4v) is 2.20. The van der Waals surface area contributed by atoms with Gasteiger partial charge in [-0.3, -0.25) is 9.20 Å². The van der Waals surface area contributed by atoms with Crippen LogP contribution in [0.4, 0.5) is 0 Å². The molecule has 2 heterocycles. The van der Waals surface area contributed by atoms with Crippen molar-refractivity contribution >= 4 is 27.9 Å². The lowest BCUT2D eigenvalue weighted by Gasteiger charge is -1.96. The molecule has 0 spiro atoms. The number of fused-ring (bicyclic) bond motifs is 1. The summed E-state index contributed by atoms with van der Waals surface area (Å²) in [6, 6.07) is 1.47. The van der Waals surface area contributed by atoms with Crippen LogP contribution in [0.3, 0.4) is 0 Å². The Kier molecular flexibility index (Phi) is 2.09. The lowest BCUT2D eigenvalue weighted by molar-refractivity contribution is 0.996. The van der Waals surface area contributed by atoms with Gasteiger partial charge >= 0.3 is 0 Å². The zero-order chi connectivity index (χ0) is 9.42. The maximum atomic E-state index is 11.5. The number of aromatic nitrogens is 2. The molecule has 0 aliphatic heterocycles. The van der Waals surface area contributed by atoms with Gasteiger partial charge in [0.15, 0.2) is 4.96 Å². The topological polar surface area (TPSA) is 34.4 Å². The average molecular weight is 215 g/mol. The number of halogens is 1. The Morgan fingerprint density at radius 1 is 1.69 bits per heavy atom. The highest BCUT2D eigenvalue weighted by Gasteiger charge is 2.04. The number of nitrogens with zero attached hydrogens (tertiary/aromatic N) is 2. The van der Waals surface area contributed by atoms with Crippen molar-refractivity contribution in [2.45, 2.75) is 12.8 Å². The summed E-state index contributed by atoms with van der Waals surface area (Å²) in [5.74, 6) is 0.280. The summed E-state index contributed by atoms with van der Waals surface area (Å²) in [6.07, 6.45) is 0. The molecule has 0 saturated heterocycles. The number of aryl methyl sites for hydroxylation is 1. The van der Waals surface area contributed by atoms with Gasteiger partial charge in [0, 0.05) is 17.1 Å². The van der Waals surface area contributed by atoms with Crippen molar-refractivity contribution in [2.75, 3.05) is 0 Å². The van der Waals surface area contributed by atoms with E-state index in [1.165, 1.54) is 17.4 Å². The minimum atomic E-state index is -0.0561. The molecule has 2 aromatic rings. The van der Waals surface area contributed by atoms with Crippen molar-refractivity contribution in [2.24, 2.45) is 0 Å². The number of thiazole rings is 1. The van der Waals surface area contributed by atoms with Crippen molar-refractivity contribution in [1.29, 1.82) is 0 Å². The molecule has 0 aromatic carbocycles. The predicted molar refractivity (Wildman–Crippen MR) is 53.6 cm³/mol. The first-order valence-electron chi connectivity index (χ1n) is 3.75. The normalized spacial score (nSPS) is 10.9. The molecule has 0 amide bonds. The van der Waals surface area contributed by atoms with Gasteiger partial charge in [0.2, 0.25) is 0 Å². The molecule has 0 radical (unpaired) electrons. The van der Waals surface area contributed by atoms with Crippen LogP contribution >= 0.6 is 22.9 Å². The van der Waals surface area contributed by atoms with Crippen molar-refractivity contribution in [3.63, 3.8) is 0 Å².